The van der Waals surface area contributed by atoms with E-state index in [1.165, 1.54) is 5.69 Å². The van der Waals surface area contributed by atoms with Crippen LogP contribution in [0.5, 0.6) is 0 Å². The van der Waals surface area contributed by atoms with Crippen LogP contribution in [0.25, 0.3) is 0 Å². The van der Waals surface area contributed by atoms with Crippen molar-refractivity contribution in [1.29, 1.82) is 0 Å². The summed E-state index contributed by atoms with van der Waals surface area (Å²) >= 11 is 3.57. The highest BCUT2D eigenvalue weighted by Gasteiger charge is 2.49. The van der Waals surface area contributed by atoms with Crippen LogP contribution in [0.2, 0.25) is 0 Å². The molecule has 2 rings (SSSR count). The molecule has 15 heavy (non-hydrogen) atoms. The molecule has 0 bridgehead atoms. The van der Waals surface area contributed by atoms with Crippen LogP contribution in [0.15, 0.2) is 10.7 Å². The molecular weight excluding hydrogens is 254 g/mol. The summed E-state index contributed by atoms with van der Waals surface area (Å²) < 4.78 is 3.03. The van der Waals surface area contributed by atoms with Crippen molar-refractivity contribution in [3.8, 4) is 0 Å². The molecule has 0 saturated heterocycles. The minimum Gasteiger partial charge on any atom is -0.324 e. The summed E-state index contributed by atoms with van der Waals surface area (Å²) in [6.45, 7) is 4.47. The van der Waals surface area contributed by atoms with Gasteiger partial charge in [0.2, 0.25) is 0 Å². The van der Waals surface area contributed by atoms with Crippen molar-refractivity contribution in [1.82, 2.24) is 9.78 Å². The van der Waals surface area contributed by atoms with Gasteiger partial charge in [0.05, 0.1) is 16.4 Å². The van der Waals surface area contributed by atoms with Gasteiger partial charge in [-0.05, 0) is 34.7 Å². The average Bonchev–Trinajstić information content (AvgIpc) is 2.80. The van der Waals surface area contributed by atoms with E-state index < -0.39 is 0 Å². The predicted molar refractivity (Wildman–Crippen MR) is 64.6 cm³/mol. The van der Waals surface area contributed by atoms with Gasteiger partial charge < -0.3 is 5.73 Å². The molecule has 1 fully saturated rings. The van der Waals surface area contributed by atoms with Crippen molar-refractivity contribution >= 4 is 15.9 Å². The van der Waals surface area contributed by atoms with Gasteiger partial charge in [-0.15, -0.1) is 0 Å². The highest BCUT2D eigenvalue weighted by molar-refractivity contribution is 9.10. The normalized spacial score (nSPS) is 20.7. The van der Waals surface area contributed by atoms with Gasteiger partial charge in [0.25, 0.3) is 0 Å². The Hall–Kier alpha value is -0.350. The summed E-state index contributed by atoms with van der Waals surface area (Å²) in [5.74, 6) is 0.948. The smallest absolute Gasteiger partial charge is 0.0635 e. The maximum atomic E-state index is 6.36. The lowest BCUT2D eigenvalue weighted by Crippen LogP contribution is -2.35. The molecule has 1 aromatic heterocycles. The zero-order valence-corrected chi connectivity index (χ0v) is 11.1. The molecule has 84 valence electrons. The third-order valence-electron chi connectivity index (χ3n) is 3.35. The van der Waals surface area contributed by atoms with Gasteiger partial charge in [-0.25, -0.2) is 0 Å². The Morgan fingerprint density at radius 3 is 2.47 bits per heavy atom. The fourth-order valence-corrected chi connectivity index (χ4v) is 3.07. The Morgan fingerprint density at radius 2 is 2.13 bits per heavy atom. The first kappa shape index (κ1) is 11.1. The standard InChI is InChI=1S/C11H18BrN3/c1-7(2)9(11(13)4-5-11)10-8(12)6-14-15(10)3/h6-7,9H,4-5,13H2,1-3H3. The lowest BCUT2D eigenvalue weighted by molar-refractivity contribution is 0.380. The lowest BCUT2D eigenvalue weighted by atomic mass is 9.84. The average molecular weight is 272 g/mol. The Kier molecular flexibility index (Phi) is 2.67. The van der Waals surface area contributed by atoms with Crippen molar-refractivity contribution in [2.45, 2.75) is 38.1 Å². The largest absolute Gasteiger partial charge is 0.324 e. The van der Waals surface area contributed by atoms with Crippen molar-refractivity contribution in [3.63, 3.8) is 0 Å². The summed E-state index contributed by atoms with van der Waals surface area (Å²) in [5, 5.41) is 4.27. The summed E-state index contributed by atoms with van der Waals surface area (Å²) in [6.07, 6.45) is 4.12. The fraction of sp³-hybridized carbons (Fsp3) is 0.727. The van der Waals surface area contributed by atoms with Gasteiger partial charge >= 0.3 is 0 Å². The van der Waals surface area contributed by atoms with Crippen molar-refractivity contribution in [2.75, 3.05) is 0 Å². The molecule has 0 aliphatic heterocycles. The number of hydrogen-bond donors (Lipinski definition) is 1. The van der Waals surface area contributed by atoms with Crippen LogP contribution in [0.4, 0.5) is 0 Å². The predicted octanol–water partition coefficient (Wildman–Crippen LogP) is 2.41. The number of hydrogen-bond acceptors (Lipinski definition) is 2. The van der Waals surface area contributed by atoms with Crippen molar-refractivity contribution < 1.29 is 0 Å². The van der Waals surface area contributed by atoms with Crippen molar-refractivity contribution in [2.24, 2.45) is 18.7 Å². The van der Waals surface area contributed by atoms with Gasteiger partial charge in [-0.2, -0.15) is 5.10 Å². The monoisotopic (exact) mass is 271 g/mol. The molecule has 1 heterocycles. The van der Waals surface area contributed by atoms with Crippen LogP contribution >= 0.6 is 15.9 Å². The second-order valence-electron chi connectivity index (χ2n) is 4.96. The van der Waals surface area contributed by atoms with Gasteiger partial charge in [-0.3, -0.25) is 4.68 Å². The topological polar surface area (TPSA) is 43.8 Å². The highest BCUT2D eigenvalue weighted by Crippen LogP contribution is 2.49. The molecule has 1 aromatic rings. The summed E-state index contributed by atoms with van der Waals surface area (Å²) in [7, 11) is 1.99. The van der Waals surface area contributed by atoms with Crippen LogP contribution in [0.1, 0.15) is 38.3 Å². The molecule has 1 unspecified atom stereocenters. The number of nitrogens with zero attached hydrogens (tertiary/aromatic N) is 2. The highest BCUT2D eigenvalue weighted by atomic mass is 79.9. The molecule has 1 saturated carbocycles. The molecule has 1 aliphatic rings. The molecule has 0 aromatic carbocycles. The van der Waals surface area contributed by atoms with E-state index in [1.807, 2.05) is 17.9 Å². The van der Waals surface area contributed by atoms with Gasteiger partial charge in [-0.1, -0.05) is 13.8 Å². The zero-order valence-electron chi connectivity index (χ0n) is 9.50. The molecule has 0 radical (unpaired) electrons. The number of rotatable bonds is 3. The first-order valence-corrected chi connectivity index (χ1v) is 6.21. The molecule has 0 spiro atoms. The third kappa shape index (κ3) is 1.85. The number of aryl methyl sites for hydroxylation is 1. The number of halogens is 1. The van der Waals surface area contributed by atoms with Gasteiger partial charge in [0.1, 0.15) is 0 Å². The first-order valence-electron chi connectivity index (χ1n) is 5.42. The molecule has 4 heteroatoms. The Labute approximate surface area is 99.2 Å². The molecule has 1 atom stereocenters. The molecule has 1 aliphatic carbocycles. The second kappa shape index (κ2) is 3.59. The summed E-state index contributed by atoms with van der Waals surface area (Å²) in [4.78, 5) is 0. The van der Waals surface area contributed by atoms with E-state index in [4.69, 9.17) is 5.73 Å². The second-order valence-corrected chi connectivity index (χ2v) is 5.81. The van der Waals surface area contributed by atoms with Crippen LogP contribution < -0.4 is 5.73 Å². The first-order chi connectivity index (χ1) is 6.96. The van der Waals surface area contributed by atoms with Crippen LogP contribution in [-0.2, 0) is 7.05 Å². The van der Waals surface area contributed by atoms with E-state index in [9.17, 15) is 0 Å². The number of nitrogens with two attached hydrogens (primary N) is 1. The summed E-state index contributed by atoms with van der Waals surface area (Å²) in [5.41, 5.74) is 7.60. The minimum atomic E-state index is 0.00444. The SMILES string of the molecule is CC(C)C(c1c(Br)cnn1C)C1(N)CC1. The van der Waals surface area contributed by atoms with Crippen molar-refractivity contribution in [3.05, 3.63) is 16.4 Å². The Morgan fingerprint density at radius 1 is 1.53 bits per heavy atom. The maximum Gasteiger partial charge on any atom is 0.0635 e. The van der Waals surface area contributed by atoms with E-state index in [1.54, 1.807) is 0 Å². The summed E-state index contributed by atoms with van der Waals surface area (Å²) in [6, 6.07) is 0. The maximum absolute atomic E-state index is 6.36. The molecule has 0 amide bonds. The van der Waals surface area contributed by atoms with Crippen LogP contribution in [-0.4, -0.2) is 15.3 Å². The number of aromatic nitrogens is 2. The van der Waals surface area contributed by atoms with E-state index in [-0.39, 0.29) is 5.54 Å². The van der Waals surface area contributed by atoms with Crippen LogP contribution in [0, 0.1) is 5.92 Å². The van der Waals surface area contributed by atoms with Gasteiger partial charge in [0.15, 0.2) is 0 Å². The van der Waals surface area contributed by atoms with E-state index in [0.29, 0.717) is 11.8 Å². The fourth-order valence-electron chi connectivity index (χ4n) is 2.48. The minimum absolute atomic E-state index is 0.00444. The molecule has 2 N–H and O–H groups in total. The van der Waals surface area contributed by atoms with Crippen LogP contribution in [0.3, 0.4) is 0 Å². The molecule has 3 nitrogen and oxygen atoms in total. The quantitative estimate of drug-likeness (QED) is 0.918. The molecular formula is C11H18BrN3. The van der Waals surface area contributed by atoms with Gasteiger partial charge in [0, 0.05) is 18.5 Å². The third-order valence-corrected chi connectivity index (χ3v) is 3.96. The lowest BCUT2D eigenvalue weighted by Gasteiger charge is -2.27. The Balaban J connectivity index is 2.41. The van der Waals surface area contributed by atoms with E-state index in [0.717, 1.165) is 17.3 Å². The zero-order chi connectivity index (χ0) is 11.2. The van der Waals surface area contributed by atoms with E-state index in [2.05, 4.69) is 34.9 Å². The van der Waals surface area contributed by atoms with E-state index >= 15 is 0 Å². The Bertz CT molecular complexity index is 346.